The molecular weight excluding hydrogens is 237 g/mol. The van der Waals surface area contributed by atoms with Crippen LogP contribution >= 0.6 is 0 Å². The van der Waals surface area contributed by atoms with Crippen LogP contribution in [0.3, 0.4) is 0 Å². The summed E-state index contributed by atoms with van der Waals surface area (Å²) >= 11 is 0. The molecule has 1 aromatic rings. The molecule has 18 heavy (non-hydrogen) atoms. The highest BCUT2D eigenvalue weighted by molar-refractivity contribution is 5.98. The highest BCUT2D eigenvalue weighted by Crippen LogP contribution is 2.28. The first kappa shape index (κ1) is 12.8. The van der Waals surface area contributed by atoms with Crippen molar-refractivity contribution in [1.29, 1.82) is 0 Å². The topological polar surface area (TPSA) is 79.5 Å². The molecule has 0 saturated heterocycles. The van der Waals surface area contributed by atoms with Gasteiger partial charge in [-0.15, -0.1) is 0 Å². The number of nitrogen functional groups attached to an aromatic ring is 1. The summed E-state index contributed by atoms with van der Waals surface area (Å²) in [6.07, 6.45) is 2.14. The van der Waals surface area contributed by atoms with Gasteiger partial charge in [0.1, 0.15) is 11.6 Å². The predicted octanol–water partition coefficient (Wildman–Crippen LogP) is 0.646. The lowest BCUT2D eigenvalue weighted by Gasteiger charge is -2.34. The third-order valence-corrected chi connectivity index (χ3v) is 3.21. The molecule has 0 bridgehead atoms. The number of pyridine rings is 1. The number of nitrogens with zero attached hydrogens (tertiary/aromatic N) is 2. The van der Waals surface area contributed by atoms with E-state index in [4.69, 9.17) is 5.73 Å². The second-order valence-corrected chi connectivity index (χ2v) is 4.76. The number of aliphatic hydroxyl groups is 1. The van der Waals surface area contributed by atoms with Gasteiger partial charge in [0.2, 0.25) is 0 Å². The average Bonchev–Trinajstić information content (AvgIpc) is 2.29. The second kappa shape index (κ2) is 4.89. The summed E-state index contributed by atoms with van der Waals surface area (Å²) in [6.45, 7) is 0.534. The fourth-order valence-corrected chi connectivity index (χ4v) is 2.15. The van der Waals surface area contributed by atoms with Crippen LogP contribution in [0.5, 0.6) is 0 Å². The van der Waals surface area contributed by atoms with Crippen molar-refractivity contribution >= 4 is 11.7 Å². The third-order valence-electron chi connectivity index (χ3n) is 3.21. The number of amides is 1. The van der Waals surface area contributed by atoms with Gasteiger partial charge < -0.3 is 15.7 Å². The Balaban J connectivity index is 2.03. The van der Waals surface area contributed by atoms with Gasteiger partial charge in [0.05, 0.1) is 17.9 Å². The molecular formula is C12H16FN3O2. The first-order valence-electron chi connectivity index (χ1n) is 5.82. The smallest absolute Gasteiger partial charge is 0.257 e. The van der Waals surface area contributed by atoms with Gasteiger partial charge in [-0.2, -0.15) is 0 Å². The van der Waals surface area contributed by atoms with E-state index in [1.165, 1.54) is 4.90 Å². The highest BCUT2D eigenvalue weighted by Gasteiger charge is 2.29. The Morgan fingerprint density at radius 2 is 2.33 bits per heavy atom. The van der Waals surface area contributed by atoms with Crippen molar-refractivity contribution in [2.24, 2.45) is 5.92 Å². The third kappa shape index (κ3) is 2.59. The minimum atomic E-state index is -0.583. The van der Waals surface area contributed by atoms with Crippen LogP contribution < -0.4 is 5.73 Å². The largest absolute Gasteiger partial charge is 0.393 e. The molecule has 1 amide bonds. The van der Waals surface area contributed by atoms with E-state index >= 15 is 0 Å². The normalized spacial score (nSPS) is 22.4. The lowest BCUT2D eigenvalue weighted by Crippen LogP contribution is -2.39. The van der Waals surface area contributed by atoms with Crippen molar-refractivity contribution in [3.63, 3.8) is 0 Å². The van der Waals surface area contributed by atoms with Crippen LogP contribution in [0, 0.1) is 11.7 Å². The lowest BCUT2D eigenvalue weighted by atomic mass is 9.82. The summed E-state index contributed by atoms with van der Waals surface area (Å²) in [4.78, 5) is 17.2. The Morgan fingerprint density at radius 3 is 2.94 bits per heavy atom. The number of hydrogen-bond acceptors (Lipinski definition) is 4. The van der Waals surface area contributed by atoms with E-state index in [0.717, 1.165) is 12.3 Å². The molecule has 1 fully saturated rings. The number of rotatable bonds is 3. The maximum absolute atomic E-state index is 13.0. The molecule has 0 spiro atoms. The van der Waals surface area contributed by atoms with Gasteiger partial charge in [-0.25, -0.2) is 9.37 Å². The van der Waals surface area contributed by atoms with E-state index in [-0.39, 0.29) is 23.4 Å². The maximum atomic E-state index is 13.0. The van der Waals surface area contributed by atoms with Gasteiger partial charge in [-0.1, -0.05) is 0 Å². The minimum Gasteiger partial charge on any atom is -0.393 e. The zero-order valence-corrected chi connectivity index (χ0v) is 10.1. The van der Waals surface area contributed by atoms with Gasteiger partial charge in [0, 0.05) is 13.6 Å². The molecule has 0 radical (unpaired) electrons. The molecule has 0 atom stereocenters. The number of halogens is 1. The van der Waals surface area contributed by atoms with Gasteiger partial charge in [0.25, 0.3) is 5.91 Å². The minimum absolute atomic E-state index is 0.0295. The van der Waals surface area contributed by atoms with Crippen LogP contribution in [0.1, 0.15) is 23.2 Å². The number of aliphatic hydroxyl groups excluding tert-OH is 1. The number of nitrogens with two attached hydrogens (primary N) is 1. The molecule has 0 unspecified atom stereocenters. The molecule has 0 aliphatic heterocycles. The lowest BCUT2D eigenvalue weighted by molar-refractivity contribution is 0.0265. The SMILES string of the molecule is CN(CC1CC(O)C1)C(=O)c1cc(F)cnc1N. The standard InChI is InChI=1S/C12H16FN3O2/c1-16(6-7-2-9(17)3-7)12(18)10-4-8(13)5-15-11(10)14/h4-5,7,9,17H,2-3,6H2,1H3,(H2,14,15). The predicted molar refractivity (Wildman–Crippen MR) is 64.3 cm³/mol. The van der Waals surface area contributed by atoms with Crippen LogP contribution in [0.25, 0.3) is 0 Å². The van der Waals surface area contributed by atoms with Crippen LogP contribution in [-0.2, 0) is 0 Å². The van der Waals surface area contributed by atoms with Crippen molar-refractivity contribution in [1.82, 2.24) is 9.88 Å². The number of carbonyl (C=O) groups excluding carboxylic acids is 1. The molecule has 6 heteroatoms. The first-order chi connectivity index (χ1) is 8.47. The van der Waals surface area contributed by atoms with Crippen LogP contribution in [0.15, 0.2) is 12.3 Å². The molecule has 3 N–H and O–H groups in total. The maximum Gasteiger partial charge on any atom is 0.257 e. The monoisotopic (exact) mass is 253 g/mol. The Hall–Kier alpha value is -1.69. The summed E-state index contributed by atoms with van der Waals surface area (Å²) in [6, 6.07) is 1.09. The quantitative estimate of drug-likeness (QED) is 0.828. The van der Waals surface area contributed by atoms with E-state index in [1.54, 1.807) is 7.05 Å². The second-order valence-electron chi connectivity index (χ2n) is 4.76. The van der Waals surface area contributed by atoms with Crippen LogP contribution in [0.4, 0.5) is 10.2 Å². The van der Waals surface area contributed by atoms with E-state index < -0.39 is 5.82 Å². The number of aromatic nitrogens is 1. The van der Waals surface area contributed by atoms with E-state index in [9.17, 15) is 14.3 Å². The van der Waals surface area contributed by atoms with Crippen molar-refractivity contribution in [3.8, 4) is 0 Å². The highest BCUT2D eigenvalue weighted by atomic mass is 19.1. The summed E-state index contributed by atoms with van der Waals surface area (Å²) in [5.74, 6) is -0.598. The molecule has 1 aliphatic rings. The average molecular weight is 253 g/mol. The Kier molecular flexibility index (Phi) is 3.47. The number of hydrogen-bond donors (Lipinski definition) is 2. The Bertz CT molecular complexity index is 461. The fraction of sp³-hybridized carbons (Fsp3) is 0.500. The molecule has 1 saturated carbocycles. The molecule has 2 rings (SSSR count). The van der Waals surface area contributed by atoms with Gasteiger partial charge in [-0.3, -0.25) is 4.79 Å². The molecule has 1 heterocycles. The van der Waals surface area contributed by atoms with Crippen molar-refractivity contribution < 1.29 is 14.3 Å². The molecule has 5 nitrogen and oxygen atoms in total. The summed E-state index contributed by atoms with van der Waals surface area (Å²) in [5, 5.41) is 9.18. The fourth-order valence-electron chi connectivity index (χ4n) is 2.15. The zero-order valence-electron chi connectivity index (χ0n) is 10.1. The summed E-state index contributed by atoms with van der Waals surface area (Å²) < 4.78 is 13.0. The number of carbonyl (C=O) groups is 1. The van der Waals surface area contributed by atoms with E-state index in [1.807, 2.05) is 0 Å². The van der Waals surface area contributed by atoms with Crippen molar-refractivity contribution in [3.05, 3.63) is 23.6 Å². The number of anilines is 1. The molecule has 1 aliphatic carbocycles. The Morgan fingerprint density at radius 1 is 1.67 bits per heavy atom. The molecule has 1 aromatic heterocycles. The Labute approximate surface area is 104 Å². The van der Waals surface area contributed by atoms with Crippen LogP contribution in [-0.4, -0.2) is 40.6 Å². The van der Waals surface area contributed by atoms with Crippen molar-refractivity contribution in [2.75, 3.05) is 19.3 Å². The van der Waals surface area contributed by atoms with Gasteiger partial charge in [-0.05, 0) is 24.8 Å². The van der Waals surface area contributed by atoms with E-state index in [2.05, 4.69) is 4.98 Å². The van der Waals surface area contributed by atoms with Gasteiger partial charge in [0.15, 0.2) is 0 Å². The first-order valence-corrected chi connectivity index (χ1v) is 5.82. The van der Waals surface area contributed by atoms with Gasteiger partial charge >= 0.3 is 0 Å². The van der Waals surface area contributed by atoms with Crippen molar-refractivity contribution in [2.45, 2.75) is 18.9 Å². The molecule has 0 aromatic carbocycles. The van der Waals surface area contributed by atoms with Crippen LogP contribution in [0.2, 0.25) is 0 Å². The molecule has 98 valence electrons. The summed E-state index contributed by atoms with van der Waals surface area (Å²) in [7, 11) is 1.64. The van der Waals surface area contributed by atoms with E-state index in [0.29, 0.717) is 25.3 Å². The summed E-state index contributed by atoms with van der Waals surface area (Å²) in [5.41, 5.74) is 5.64. The zero-order chi connectivity index (χ0) is 13.3.